The molecule has 0 heterocycles. The van der Waals surface area contributed by atoms with Crippen molar-refractivity contribution in [3.8, 4) is 23.0 Å². The molecular weight excluding hydrogens is 398 g/mol. The van der Waals surface area contributed by atoms with Crippen LogP contribution in [0.2, 0.25) is 0 Å². The predicted octanol–water partition coefficient (Wildman–Crippen LogP) is 4.89. The number of nitrogens with one attached hydrogen (secondary N) is 1. The summed E-state index contributed by atoms with van der Waals surface area (Å²) in [4.78, 5) is 25.2. The van der Waals surface area contributed by atoms with Crippen LogP contribution < -0.4 is 24.3 Å². The molecule has 0 saturated heterocycles. The van der Waals surface area contributed by atoms with Crippen molar-refractivity contribution in [3.63, 3.8) is 0 Å². The van der Waals surface area contributed by atoms with Gasteiger partial charge in [0.05, 0.1) is 21.3 Å². The lowest BCUT2D eigenvalue weighted by molar-refractivity contribution is -0.137. The molecule has 0 aliphatic rings. The minimum Gasteiger partial charge on any atom is -0.496 e. The van der Waals surface area contributed by atoms with Crippen molar-refractivity contribution < 1.29 is 28.5 Å². The van der Waals surface area contributed by atoms with Gasteiger partial charge in [0.25, 0.3) is 0 Å². The molecule has 0 radical (unpaired) electrons. The zero-order valence-electron chi connectivity index (χ0n) is 19.2. The van der Waals surface area contributed by atoms with Gasteiger partial charge < -0.3 is 24.3 Å². The number of carbonyl (C=O) groups is 2. The van der Waals surface area contributed by atoms with Crippen LogP contribution in [0.1, 0.15) is 57.1 Å². The first-order chi connectivity index (χ1) is 14.7. The summed E-state index contributed by atoms with van der Waals surface area (Å²) < 4.78 is 21.5. The van der Waals surface area contributed by atoms with Crippen LogP contribution in [0.15, 0.2) is 30.3 Å². The Balaban J connectivity index is 2.21. The van der Waals surface area contributed by atoms with E-state index < -0.39 is 18.3 Å². The van der Waals surface area contributed by atoms with Gasteiger partial charge in [-0.1, -0.05) is 45.9 Å². The summed E-state index contributed by atoms with van der Waals surface area (Å²) in [5, 5.41) is 2.68. The molecule has 0 spiro atoms. The van der Waals surface area contributed by atoms with Crippen molar-refractivity contribution in [1.29, 1.82) is 0 Å². The first-order valence-electron chi connectivity index (χ1n) is 10.1. The van der Waals surface area contributed by atoms with Gasteiger partial charge in [-0.2, -0.15) is 0 Å². The van der Waals surface area contributed by atoms with Crippen molar-refractivity contribution in [2.24, 2.45) is 0 Å². The maximum atomic E-state index is 12.6. The van der Waals surface area contributed by atoms with Crippen LogP contribution in [0, 0.1) is 0 Å². The van der Waals surface area contributed by atoms with Gasteiger partial charge in [0.1, 0.15) is 35.1 Å². The number of carbonyl (C=O) groups excluding carboxylic acids is 2. The van der Waals surface area contributed by atoms with E-state index >= 15 is 0 Å². The van der Waals surface area contributed by atoms with Gasteiger partial charge in [-0.25, -0.2) is 0 Å². The highest BCUT2D eigenvalue weighted by molar-refractivity contribution is 6.04. The third-order valence-electron chi connectivity index (χ3n) is 4.82. The lowest BCUT2D eigenvalue weighted by Crippen LogP contribution is -2.21. The van der Waals surface area contributed by atoms with E-state index in [0.717, 1.165) is 11.1 Å². The number of anilines is 1. The Kier molecular flexibility index (Phi) is 8.30. The zero-order chi connectivity index (χ0) is 23.1. The predicted molar refractivity (Wildman–Crippen MR) is 120 cm³/mol. The molecule has 0 bridgehead atoms. The highest BCUT2D eigenvalue weighted by atomic mass is 16.5. The molecule has 168 valence electrons. The Morgan fingerprint density at radius 1 is 0.871 bits per heavy atom. The molecule has 0 aliphatic carbocycles. The van der Waals surface area contributed by atoms with Crippen molar-refractivity contribution in [2.75, 3.05) is 26.6 Å². The van der Waals surface area contributed by atoms with Gasteiger partial charge in [-0.15, -0.1) is 0 Å². The molecule has 0 unspecified atom stereocenters. The van der Waals surface area contributed by atoms with E-state index in [9.17, 15) is 9.59 Å². The number of rotatable bonds is 9. The van der Waals surface area contributed by atoms with E-state index in [-0.39, 0.29) is 11.8 Å². The molecule has 2 aromatic rings. The molecular formula is C24H31NO6. The van der Waals surface area contributed by atoms with Gasteiger partial charge in [0.2, 0.25) is 5.91 Å². The van der Waals surface area contributed by atoms with Gasteiger partial charge in [-0.3, -0.25) is 9.59 Å². The molecule has 31 heavy (non-hydrogen) atoms. The molecule has 0 aliphatic heterocycles. The van der Waals surface area contributed by atoms with E-state index in [0.29, 0.717) is 28.7 Å². The number of esters is 1. The highest BCUT2D eigenvalue weighted by Crippen LogP contribution is 2.39. The Morgan fingerprint density at radius 3 is 1.81 bits per heavy atom. The molecule has 0 aromatic heterocycles. The third-order valence-corrected chi connectivity index (χ3v) is 4.82. The summed E-state index contributed by atoms with van der Waals surface area (Å²) in [6, 6.07) is 9.06. The van der Waals surface area contributed by atoms with E-state index in [4.69, 9.17) is 18.9 Å². The van der Waals surface area contributed by atoms with Crippen LogP contribution in [0.4, 0.5) is 5.69 Å². The molecule has 1 amide bonds. The fourth-order valence-corrected chi connectivity index (χ4v) is 3.19. The van der Waals surface area contributed by atoms with E-state index in [1.807, 2.05) is 45.9 Å². The summed E-state index contributed by atoms with van der Waals surface area (Å²) in [6.07, 6.45) is -0.456. The third kappa shape index (κ3) is 5.90. The van der Waals surface area contributed by atoms with Gasteiger partial charge in [-0.05, 0) is 23.0 Å². The van der Waals surface area contributed by atoms with Gasteiger partial charge in [0.15, 0.2) is 0 Å². The summed E-state index contributed by atoms with van der Waals surface area (Å²) >= 11 is 0. The monoisotopic (exact) mass is 429 g/mol. The number of ether oxygens (including phenoxy) is 4. The van der Waals surface area contributed by atoms with Crippen molar-refractivity contribution in [1.82, 2.24) is 0 Å². The van der Waals surface area contributed by atoms with Crippen LogP contribution in [-0.4, -0.2) is 33.2 Å². The molecule has 1 N–H and O–H groups in total. The lowest BCUT2D eigenvalue weighted by atomic mass is 9.94. The number of hydrogen-bond acceptors (Lipinski definition) is 6. The fraction of sp³-hybridized carbons (Fsp3) is 0.417. The molecule has 2 rings (SSSR count). The van der Waals surface area contributed by atoms with E-state index in [2.05, 4.69) is 5.32 Å². The average Bonchev–Trinajstić information content (AvgIpc) is 2.73. The maximum absolute atomic E-state index is 12.6. The number of hydrogen-bond donors (Lipinski definition) is 1. The first kappa shape index (κ1) is 24.1. The summed E-state index contributed by atoms with van der Waals surface area (Å²) in [6.45, 7) is 8.13. The first-order valence-corrected chi connectivity index (χ1v) is 10.1. The van der Waals surface area contributed by atoms with Crippen molar-refractivity contribution >= 4 is 17.6 Å². The Bertz CT molecular complexity index is 884. The lowest BCUT2D eigenvalue weighted by Gasteiger charge is -2.19. The maximum Gasteiger partial charge on any atom is 0.320 e. The second kappa shape index (κ2) is 10.7. The Labute approximate surface area is 183 Å². The van der Waals surface area contributed by atoms with Gasteiger partial charge in [0, 0.05) is 12.1 Å². The van der Waals surface area contributed by atoms with Crippen molar-refractivity contribution in [3.05, 3.63) is 41.5 Å². The number of amides is 1. The smallest absolute Gasteiger partial charge is 0.320 e. The second-order valence-electron chi connectivity index (χ2n) is 7.68. The van der Waals surface area contributed by atoms with E-state index in [1.54, 1.807) is 12.1 Å². The van der Waals surface area contributed by atoms with E-state index in [1.165, 1.54) is 21.3 Å². The number of benzene rings is 2. The summed E-state index contributed by atoms with van der Waals surface area (Å²) in [5.41, 5.74) is 2.17. The fourth-order valence-electron chi connectivity index (χ4n) is 3.19. The topological polar surface area (TPSA) is 83.1 Å². The summed E-state index contributed by atoms with van der Waals surface area (Å²) in [5.74, 6) is 0.906. The Hall–Kier alpha value is -3.22. The van der Waals surface area contributed by atoms with Gasteiger partial charge >= 0.3 is 5.97 Å². The van der Waals surface area contributed by atoms with Crippen LogP contribution in [-0.2, 0) is 9.59 Å². The molecule has 7 nitrogen and oxygen atoms in total. The molecule has 7 heteroatoms. The second-order valence-corrected chi connectivity index (χ2v) is 7.68. The SMILES string of the molecule is COc1cc(OC)c(NC(=O)CC(=O)Oc2c(C(C)C)cccc2C(C)C)c(OC)c1. The molecule has 2 aromatic carbocycles. The molecule has 0 saturated carbocycles. The average molecular weight is 430 g/mol. The minimum atomic E-state index is -0.640. The van der Waals surface area contributed by atoms with Crippen molar-refractivity contribution in [2.45, 2.75) is 46.0 Å². The summed E-state index contributed by atoms with van der Waals surface area (Å²) in [7, 11) is 4.45. The zero-order valence-corrected chi connectivity index (χ0v) is 19.2. The minimum absolute atomic E-state index is 0.170. The van der Waals surface area contributed by atoms with Crippen LogP contribution >= 0.6 is 0 Å². The van der Waals surface area contributed by atoms with Crippen LogP contribution in [0.25, 0.3) is 0 Å². The van der Waals surface area contributed by atoms with Crippen LogP contribution in [0.5, 0.6) is 23.0 Å². The standard InChI is InChI=1S/C24H31NO6/c1-14(2)17-9-8-10-18(15(3)4)24(17)31-22(27)13-21(26)25-23-19(29-6)11-16(28-5)12-20(23)30-7/h8-12,14-15H,13H2,1-7H3,(H,25,26). The molecule has 0 atom stereocenters. The van der Waals surface area contributed by atoms with Crippen LogP contribution in [0.3, 0.4) is 0 Å². The molecule has 0 fully saturated rings. The number of para-hydroxylation sites is 1. The number of methoxy groups -OCH3 is 3. The largest absolute Gasteiger partial charge is 0.496 e. The quantitative estimate of drug-likeness (QED) is 0.347. The highest BCUT2D eigenvalue weighted by Gasteiger charge is 2.22. The Morgan fingerprint density at radius 2 is 1.39 bits per heavy atom. The normalized spacial score (nSPS) is 10.7.